The molecular weight excluding hydrogens is 442 g/mol. The maximum atomic E-state index is 12.7. The maximum Gasteiger partial charge on any atom is 0.341 e. The Labute approximate surface area is 183 Å². The molecule has 162 valence electrons. The van der Waals surface area contributed by atoms with Crippen LogP contribution >= 0.6 is 11.8 Å². The van der Waals surface area contributed by atoms with E-state index in [0.29, 0.717) is 28.6 Å². The van der Waals surface area contributed by atoms with Crippen molar-refractivity contribution in [2.24, 2.45) is 4.40 Å². The Bertz CT molecular complexity index is 1210. The minimum Gasteiger partial charge on any atom is -0.496 e. The van der Waals surface area contributed by atoms with Crippen LogP contribution in [0.3, 0.4) is 0 Å². The summed E-state index contributed by atoms with van der Waals surface area (Å²) in [5.74, 6) is -0.465. The van der Waals surface area contributed by atoms with E-state index < -0.39 is 16.0 Å². The molecule has 2 heterocycles. The number of hydrogen-bond donors (Lipinski definition) is 1. The van der Waals surface area contributed by atoms with Crippen molar-refractivity contribution < 1.29 is 27.5 Å². The number of anilines is 1. The van der Waals surface area contributed by atoms with Crippen LogP contribution in [0, 0.1) is 0 Å². The Kier molecular flexibility index (Phi) is 5.63. The number of amides is 1. The Morgan fingerprint density at radius 1 is 1.19 bits per heavy atom. The number of fused-ring (bicyclic) bond motifs is 3. The molecule has 1 N–H and O–H groups in total. The fraction of sp³-hybridized carbons (Fsp3) is 0.250. The Balaban J connectivity index is 1.48. The van der Waals surface area contributed by atoms with Gasteiger partial charge in [-0.15, -0.1) is 4.40 Å². The van der Waals surface area contributed by atoms with Gasteiger partial charge in [0.2, 0.25) is 0 Å². The highest BCUT2D eigenvalue weighted by molar-refractivity contribution is 8.15. The van der Waals surface area contributed by atoms with Crippen LogP contribution in [-0.4, -0.2) is 52.0 Å². The van der Waals surface area contributed by atoms with Crippen molar-refractivity contribution in [1.29, 1.82) is 0 Å². The number of thioether (sulfide) groups is 1. The molecule has 2 aliphatic rings. The summed E-state index contributed by atoms with van der Waals surface area (Å²) in [5, 5.41) is 3.23. The number of benzene rings is 2. The van der Waals surface area contributed by atoms with E-state index in [9.17, 15) is 18.0 Å². The van der Waals surface area contributed by atoms with Crippen LogP contribution in [0.5, 0.6) is 5.75 Å². The van der Waals surface area contributed by atoms with E-state index in [1.54, 1.807) is 36.4 Å². The zero-order valence-corrected chi connectivity index (χ0v) is 18.4. The highest BCUT2D eigenvalue weighted by Crippen LogP contribution is 2.42. The van der Waals surface area contributed by atoms with Gasteiger partial charge in [0.15, 0.2) is 5.17 Å². The summed E-state index contributed by atoms with van der Waals surface area (Å²) in [6.45, 7) is 0.542. The molecule has 0 radical (unpaired) electrons. The van der Waals surface area contributed by atoms with Gasteiger partial charge in [-0.25, -0.2) is 13.2 Å². The molecule has 9 nitrogen and oxygen atoms in total. The molecule has 2 aromatic carbocycles. The molecule has 31 heavy (non-hydrogen) atoms. The monoisotopic (exact) mass is 461 g/mol. The number of ether oxygens (including phenoxy) is 2. The number of nitrogens with one attached hydrogen (secondary N) is 1. The number of rotatable bonds is 5. The quantitative estimate of drug-likeness (QED) is 0.673. The molecule has 0 atom stereocenters. The predicted octanol–water partition coefficient (Wildman–Crippen LogP) is 2.02. The lowest BCUT2D eigenvalue weighted by Gasteiger charge is -2.22. The molecule has 0 saturated carbocycles. The average Bonchev–Trinajstić information content (AvgIpc) is 3.11. The number of hydrogen-bond acceptors (Lipinski definition) is 8. The van der Waals surface area contributed by atoms with E-state index in [1.807, 2.05) is 4.90 Å². The summed E-state index contributed by atoms with van der Waals surface area (Å²) in [6, 6.07) is 10.2. The second-order valence-corrected chi connectivity index (χ2v) is 9.57. The normalized spacial score (nSPS) is 16.1. The zero-order valence-electron chi connectivity index (χ0n) is 16.7. The van der Waals surface area contributed by atoms with Crippen molar-refractivity contribution >= 4 is 44.5 Å². The summed E-state index contributed by atoms with van der Waals surface area (Å²) >= 11 is 1.23. The Morgan fingerprint density at radius 3 is 2.74 bits per heavy atom. The molecule has 0 fully saturated rings. The van der Waals surface area contributed by atoms with Gasteiger partial charge in [0.25, 0.3) is 15.9 Å². The van der Waals surface area contributed by atoms with Crippen molar-refractivity contribution in [2.45, 2.75) is 11.4 Å². The van der Waals surface area contributed by atoms with Gasteiger partial charge in [-0.05, 0) is 47.7 Å². The summed E-state index contributed by atoms with van der Waals surface area (Å²) in [4.78, 5) is 27.2. The molecule has 11 heteroatoms. The van der Waals surface area contributed by atoms with Crippen LogP contribution in [0.4, 0.5) is 5.69 Å². The number of sulfonamides is 1. The molecular formula is C20H19N3O6S2. The third kappa shape index (κ3) is 4.23. The topological polar surface area (TPSA) is 114 Å². The van der Waals surface area contributed by atoms with Gasteiger partial charge in [-0.3, -0.25) is 4.79 Å². The van der Waals surface area contributed by atoms with Gasteiger partial charge < -0.3 is 19.7 Å². The Morgan fingerprint density at radius 2 is 2.00 bits per heavy atom. The van der Waals surface area contributed by atoms with Gasteiger partial charge in [0.1, 0.15) is 11.3 Å². The second-order valence-electron chi connectivity index (χ2n) is 6.80. The molecule has 0 spiro atoms. The van der Waals surface area contributed by atoms with E-state index in [1.165, 1.54) is 26.0 Å². The molecule has 2 aromatic rings. The first-order valence-electron chi connectivity index (χ1n) is 9.27. The summed E-state index contributed by atoms with van der Waals surface area (Å²) in [6.07, 6.45) is 0. The number of carbonyl (C=O) groups is 2. The maximum absolute atomic E-state index is 12.7. The van der Waals surface area contributed by atoms with E-state index in [2.05, 4.69) is 9.71 Å². The van der Waals surface area contributed by atoms with Gasteiger partial charge in [-0.1, -0.05) is 6.07 Å². The highest BCUT2D eigenvalue weighted by Gasteiger charge is 2.33. The van der Waals surface area contributed by atoms with Crippen LogP contribution in [0.1, 0.15) is 26.3 Å². The number of nitrogens with zero attached hydrogens (tertiary/aromatic N) is 2. The first-order valence-corrected chi connectivity index (χ1v) is 11.7. The van der Waals surface area contributed by atoms with E-state index >= 15 is 0 Å². The standard InChI is InChI=1S/C20H19N3O6S2/c1-28-16-6-3-12(9-14(16)19(25)29-2)11-21-18(24)13-4-5-15-17(10-13)30-20-22-31(26,27)8-7-23(15)20/h3-6,9-10H,7-8,11H2,1-2H3,(H,21,24). The predicted molar refractivity (Wildman–Crippen MR) is 116 cm³/mol. The summed E-state index contributed by atoms with van der Waals surface area (Å²) in [7, 11) is -0.684. The molecule has 2 aliphatic heterocycles. The minimum atomic E-state index is -3.43. The minimum absolute atomic E-state index is 0.0336. The molecule has 0 aliphatic carbocycles. The number of carbonyl (C=O) groups excluding carboxylic acids is 2. The lowest BCUT2D eigenvalue weighted by Crippen LogP contribution is -2.35. The summed E-state index contributed by atoms with van der Waals surface area (Å²) < 4.78 is 37.2. The smallest absolute Gasteiger partial charge is 0.341 e. The average molecular weight is 462 g/mol. The van der Waals surface area contributed by atoms with Crippen LogP contribution < -0.4 is 15.0 Å². The van der Waals surface area contributed by atoms with Crippen molar-refractivity contribution in [3.05, 3.63) is 53.1 Å². The number of esters is 1. The molecule has 4 rings (SSSR count). The van der Waals surface area contributed by atoms with Gasteiger partial charge in [0, 0.05) is 23.5 Å². The highest BCUT2D eigenvalue weighted by atomic mass is 32.2. The van der Waals surface area contributed by atoms with Gasteiger partial charge >= 0.3 is 5.97 Å². The van der Waals surface area contributed by atoms with Crippen molar-refractivity contribution in [2.75, 3.05) is 31.4 Å². The van der Waals surface area contributed by atoms with E-state index in [-0.39, 0.29) is 23.8 Å². The Hall–Kier alpha value is -3.05. The number of amidine groups is 1. The number of methoxy groups -OCH3 is 2. The summed E-state index contributed by atoms with van der Waals surface area (Å²) in [5.41, 5.74) is 2.27. The van der Waals surface area contributed by atoms with Crippen LogP contribution in [0.25, 0.3) is 0 Å². The zero-order chi connectivity index (χ0) is 22.2. The van der Waals surface area contributed by atoms with Crippen molar-refractivity contribution in [3.8, 4) is 5.75 Å². The first-order chi connectivity index (χ1) is 14.8. The van der Waals surface area contributed by atoms with E-state index in [0.717, 1.165) is 10.6 Å². The van der Waals surface area contributed by atoms with E-state index in [4.69, 9.17) is 9.47 Å². The molecule has 0 saturated heterocycles. The van der Waals surface area contributed by atoms with Crippen LogP contribution in [-0.2, 0) is 21.3 Å². The second kappa shape index (κ2) is 8.23. The third-order valence-electron chi connectivity index (χ3n) is 4.86. The SMILES string of the molecule is COC(=O)c1cc(CNC(=O)c2ccc3c(c2)SC2=NS(=O)(=O)CCN23)ccc1OC. The molecule has 0 bridgehead atoms. The van der Waals surface area contributed by atoms with Crippen molar-refractivity contribution in [1.82, 2.24) is 5.32 Å². The van der Waals surface area contributed by atoms with Crippen LogP contribution in [0.2, 0.25) is 0 Å². The lowest BCUT2D eigenvalue weighted by molar-refractivity contribution is 0.0597. The fourth-order valence-electron chi connectivity index (χ4n) is 3.29. The fourth-order valence-corrected chi connectivity index (χ4v) is 5.59. The largest absolute Gasteiger partial charge is 0.496 e. The van der Waals surface area contributed by atoms with Gasteiger partial charge in [0.05, 0.1) is 25.7 Å². The first kappa shape index (κ1) is 21.2. The third-order valence-corrected chi connectivity index (χ3v) is 7.16. The molecule has 0 aromatic heterocycles. The lowest BCUT2D eigenvalue weighted by atomic mass is 10.1. The molecule has 1 amide bonds. The van der Waals surface area contributed by atoms with Crippen LogP contribution in [0.15, 0.2) is 45.7 Å². The van der Waals surface area contributed by atoms with Crippen molar-refractivity contribution in [3.63, 3.8) is 0 Å². The molecule has 0 unspecified atom stereocenters. The van der Waals surface area contributed by atoms with Gasteiger partial charge in [-0.2, -0.15) is 0 Å².